The van der Waals surface area contributed by atoms with Crippen LogP contribution in [-0.2, 0) is 9.59 Å². The van der Waals surface area contributed by atoms with Crippen molar-refractivity contribution in [1.82, 2.24) is 0 Å². The zero-order chi connectivity index (χ0) is 25.3. The van der Waals surface area contributed by atoms with E-state index in [2.05, 4.69) is 0 Å². The average molecular weight is 494 g/mol. The summed E-state index contributed by atoms with van der Waals surface area (Å²) < 4.78 is 16.3. The maximum absolute atomic E-state index is 13.4. The van der Waals surface area contributed by atoms with Crippen LogP contribution in [0.1, 0.15) is 22.7 Å². The van der Waals surface area contributed by atoms with Crippen LogP contribution in [0.4, 0.5) is 5.69 Å². The smallest absolute Gasteiger partial charge is 0.300 e. The fourth-order valence-corrected chi connectivity index (χ4v) is 4.48. The zero-order valence-electron chi connectivity index (χ0n) is 19.7. The summed E-state index contributed by atoms with van der Waals surface area (Å²) in [7, 11) is 4.35. The summed E-state index contributed by atoms with van der Waals surface area (Å²) in [6.07, 6.45) is 0. The number of nitrogens with zero attached hydrogens (tertiary/aromatic N) is 1. The van der Waals surface area contributed by atoms with Crippen LogP contribution in [0, 0.1) is 6.92 Å². The number of aryl methyl sites for hydroxylation is 1. The van der Waals surface area contributed by atoms with Crippen molar-refractivity contribution in [2.75, 3.05) is 26.2 Å². The van der Waals surface area contributed by atoms with Crippen molar-refractivity contribution in [2.24, 2.45) is 0 Å². The fraction of sp³-hybridized carbons (Fsp3) is 0.185. The van der Waals surface area contributed by atoms with E-state index in [1.54, 1.807) is 42.5 Å². The number of rotatable bonds is 6. The first-order valence-electron chi connectivity index (χ1n) is 10.7. The number of amides is 1. The van der Waals surface area contributed by atoms with Crippen molar-refractivity contribution >= 4 is 34.7 Å². The Balaban J connectivity index is 2.04. The highest BCUT2D eigenvalue weighted by molar-refractivity contribution is 6.51. The average Bonchev–Trinajstić information content (AvgIpc) is 3.13. The van der Waals surface area contributed by atoms with E-state index in [0.29, 0.717) is 17.0 Å². The van der Waals surface area contributed by atoms with Gasteiger partial charge in [0.15, 0.2) is 0 Å². The van der Waals surface area contributed by atoms with E-state index in [0.717, 1.165) is 5.56 Å². The number of Topliss-reactive ketones (excluding diaryl/α,β-unsaturated/α-hetero) is 1. The zero-order valence-corrected chi connectivity index (χ0v) is 20.4. The van der Waals surface area contributed by atoms with E-state index in [9.17, 15) is 14.7 Å². The molecule has 1 saturated heterocycles. The molecule has 7 nitrogen and oxygen atoms in total. The van der Waals surface area contributed by atoms with Gasteiger partial charge in [0.2, 0.25) is 0 Å². The van der Waals surface area contributed by atoms with Crippen LogP contribution >= 0.6 is 11.6 Å². The minimum absolute atomic E-state index is 0.108. The second-order valence-electron chi connectivity index (χ2n) is 7.94. The molecule has 0 saturated carbocycles. The molecule has 1 atom stereocenters. The number of hydrogen-bond acceptors (Lipinski definition) is 6. The van der Waals surface area contributed by atoms with Crippen LogP contribution in [0.2, 0.25) is 5.02 Å². The van der Waals surface area contributed by atoms with E-state index >= 15 is 0 Å². The van der Waals surface area contributed by atoms with Gasteiger partial charge in [-0.1, -0.05) is 41.9 Å². The van der Waals surface area contributed by atoms with Crippen molar-refractivity contribution in [1.29, 1.82) is 0 Å². The van der Waals surface area contributed by atoms with Crippen LogP contribution in [-0.4, -0.2) is 38.1 Å². The summed E-state index contributed by atoms with van der Waals surface area (Å²) in [4.78, 5) is 28.2. The first-order chi connectivity index (χ1) is 16.8. The molecule has 0 bridgehead atoms. The highest BCUT2D eigenvalue weighted by Gasteiger charge is 2.48. The van der Waals surface area contributed by atoms with Crippen LogP contribution in [0.25, 0.3) is 5.76 Å². The number of para-hydroxylation sites is 1. The number of anilines is 1. The number of aliphatic hydroxyl groups is 1. The lowest BCUT2D eigenvalue weighted by atomic mass is 9.94. The molecule has 1 N–H and O–H groups in total. The first-order valence-corrected chi connectivity index (χ1v) is 11.1. The summed E-state index contributed by atoms with van der Waals surface area (Å²) in [6.45, 7) is 1.89. The van der Waals surface area contributed by atoms with E-state index in [1.807, 2.05) is 13.0 Å². The number of carbonyl (C=O) groups excluding carboxylic acids is 2. The predicted molar refractivity (Wildman–Crippen MR) is 134 cm³/mol. The lowest BCUT2D eigenvalue weighted by Gasteiger charge is -2.27. The van der Waals surface area contributed by atoms with Gasteiger partial charge < -0.3 is 19.3 Å². The Bertz CT molecular complexity index is 1350. The van der Waals surface area contributed by atoms with Gasteiger partial charge in [0.05, 0.1) is 43.5 Å². The van der Waals surface area contributed by atoms with E-state index in [4.69, 9.17) is 25.8 Å². The van der Waals surface area contributed by atoms with Crippen molar-refractivity contribution in [3.63, 3.8) is 0 Å². The van der Waals surface area contributed by atoms with Gasteiger partial charge in [-0.15, -0.1) is 0 Å². The molecule has 0 aliphatic carbocycles. The summed E-state index contributed by atoms with van der Waals surface area (Å²) in [5, 5.41) is 11.8. The summed E-state index contributed by atoms with van der Waals surface area (Å²) in [5.74, 6) is -1.07. The number of ether oxygens (including phenoxy) is 3. The van der Waals surface area contributed by atoms with Crippen LogP contribution in [0.5, 0.6) is 17.2 Å². The minimum atomic E-state index is -0.959. The third-order valence-electron chi connectivity index (χ3n) is 5.89. The highest BCUT2D eigenvalue weighted by atomic mass is 35.5. The molecule has 1 aliphatic heterocycles. The third-order valence-corrected chi connectivity index (χ3v) is 6.18. The lowest BCUT2D eigenvalue weighted by Crippen LogP contribution is -2.29. The largest absolute Gasteiger partial charge is 0.507 e. The Hall–Kier alpha value is -3.97. The molecule has 3 aromatic carbocycles. The van der Waals surface area contributed by atoms with Crippen LogP contribution in [0.15, 0.2) is 66.2 Å². The minimum Gasteiger partial charge on any atom is -0.507 e. The Morgan fingerprint density at radius 3 is 2.23 bits per heavy atom. The van der Waals surface area contributed by atoms with Gasteiger partial charge in [0.25, 0.3) is 11.7 Å². The Morgan fingerprint density at radius 1 is 0.886 bits per heavy atom. The lowest BCUT2D eigenvalue weighted by molar-refractivity contribution is -0.132. The maximum atomic E-state index is 13.4. The van der Waals surface area contributed by atoms with Crippen molar-refractivity contribution in [3.8, 4) is 17.2 Å². The second-order valence-corrected chi connectivity index (χ2v) is 8.34. The van der Waals surface area contributed by atoms with Crippen molar-refractivity contribution in [3.05, 3.63) is 87.9 Å². The fourth-order valence-electron chi connectivity index (χ4n) is 4.25. The Morgan fingerprint density at radius 2 is 1.57 bits per heavy atom. The molecule has 0 radical (unpaired) electrons. The number of hydrogen-bond donors (Lipinski definition) is 1. The number of aliphatic hydroxyl groups excluding tert-OH is 1. The summed E-state index contributed by atoms with van der Waals surface area (Å²) >= 11 is 6.23. The van der Waals surface area contributed by atoms with Crippen molar-refractivity contribution in [2.45, 2.75) is 13.0 Å². The molecule has 1 heterocycles. The van der Waals surface area contributed by atoms with Gasteiger partial charge >= 0.3 is 0 Å². The molecule has 3 aromatic rings. The number of halogens is 1. The topological polar surface area (TPSA) is 85.3 Å². The van der Waals surface area contributed by atoms with Gasteiger partial charge in [-0.05, 0) is 36.8 Å². The molecule has 4 rings (SSSR count). The highest BCUT2D eigenvalue weighted by Crippen LogP contribution is 2.46. The molecule has 0 spiro atoms. The van der Waals surface area contributed by atoms with Gasteiger partial charge in [-0.3, -0.25) is 14.5 Å². The molecule has 35 heavy (non-hydrogen) atoms. The van der Waals surface area contributed by atoms with Crippen LogP contribution in [0.3, 0.4) is 0 Å². The predicted octanol–water partition coefficient (Wildman–Crippen LogP) is 5.30. The second kappa shape index (κ2) is 9.72. The molecule has 8 heteroatoms. The monoisotopic (exact) mass is 493 g/mol. The van der Waals surface area contributed by atoms with Gasteiger partial charge in [-0.25, -0.2) is 0 Å². The van der Waals surface area contributed by atoms with Crippen molar-refractivity contribution < 1.29 is 28.9 Å². The molecule has 1 unspecified atom stereocenters. The number of carbonyl (C=O) groups is 2. The molecular formula is C27H24ClNO6. The first kappa shape index (κ1) is 24.2. The molecule has 1 amide bonds. The molecular weight excluding hydrogens is 470 g/mol. The number of methoxy groups -OCH3 is 3. The van der Waals surface area contributed by atoms with E-state index in [-0.39, 0.29) is 27.7 Å². The van der Waals surface area contributed by atoms with E-state index < -0.39 is 23.5 Å². The quantitative estimate of drug-likeness (QED) is 0.285. The molecule has 0 aromatic heterocycles. The maximum Gasteiger partial charge on any atom is 0.300 e. The Kier molecular flexibility index (Phi) is 6.71. The standard InChI is InChI=1S/C27H24ClNO6/c1-15-8-7-9-16(12-15)29-24(17-10-5-6-11-20(17)33-2)23(26(31)27(29)32)25(30)18-13-22(35-4)19(28)14-21(18)34-3/h5-14,24,30H,1-4H3/b25-23+. The number of benzene rings is 3. The summed E-state index contributed by atoms with van der Waals surface area (Å²) in [6, 6.07) is 16.3. The normalized spacial score (nSPS) is 16.9. The van der Waals surface area contributed by atoms with Gasteiger partial charge in [-0.2, -0.15) is 0 Å². The van der Waals surface area contributed by atoms with Gasteiger partial charge in [0, 0.05) is 17.3 Å². The Labute approximate surface area is 208 Å². The van der Waals surface area contributed by atoms with E-state index in [1.165, 1.54) is 38.4 Å². The third kappa shape index (κ3) is 4.19. The molecule has 180 valence electrons. The SMILES string of the molecule is COc1cc(/C(O)=C2\C(=O)C(=O)N(c3cccc(C)c3)C2c2ccccc2OC)c(OC)cc1Cl. The number of ketones is 1. The van der Waals surface area contributed by atoms with Crippen LogP contribution < -0.4 is 19.1 Å². The van der Waals surface area contributed by atoms with Gasteiger partial charge in [0.1, 0.15) is 23.0 Å². The summed E-state index contributed by atoms with van der Waals surface area (Å²) in [5.41, 5.74) is 2.02. The molecule has 1 aliphatic rings. The molecule has 1 fully saturated rings.